The van der Waals surface area contributed by atoms with Gasteiger partial charge in [0, 0.05) is 6.54 Å². The number of rotatable bonds is 8. The number of sulfonamides is 1. The minimum atomic E-state index is -4.04. The number of methoxy groups -OCH3 is 1. The molecular weight excluding hydrogens is 414 g/mol. The Balaban J connectivity index is 1.96. The molecule has 0 fully saturated rings. The van der Waals surface area contributed by atoms with E-state index >= 15 is 0 Å². The van der Waals surface area contributed by atoms with E-state index in [4.69, 9.17) is 9.15 Å². The number of furan rings is 1. The van der Waals surface area contributed by atoms with Gasteiger partial charge in [-0.05, 0) is 48.9 Å². The summed E-state index contributed by atoms with van der Waals surface area (Å²) in [6.07, 6.45) is 1.35. The van der Waals surface area contributed by atoms with Gasteiger partial charge < -0.3 is 9.15 Å². The molecule has 3 aromatic rings. The minimum absolute atomic E-state index is 0.0599. The molecule has 0 aliphatic carbocycles. The number of hydrogen-bond donors (Lipinski definition) is 1. The highest BCUT2D eigenvalue weighted by Gasteiger charge is 2.33. The van der Waals surface area contributed by atoms with Crippen LogP contribution in [-0.2, 0) is 19.9 Å². The second kappa shape index (κ2) is 8.40. The van der Waals surface area contributed by atoms with E-state index in [0.29, 0.717) is 0 Å². The van der Waals surface area contributed by atoms with Crippen LogP contribution in [-0.4, -0.2) is 30.5 Å². The molecule has 3 rings (SSSR count). The van der Waals surface area contributed by atoms with Crippen molar-refractivity contribution in [2.75, 3.05) is 13.7 Å². The first-order chi connectivity index (χ1) is 13.8. The van der Waals surface area contributed by atoms with Crippen LogP contribution in [0.4, 0.5) is 0 Å². The van der Waals surface area contributed by atoms with Crippen molar-refractivity contribution < 1.29 is 26.0 Å². The molecule has 0 amide bonds. The molecule has 0 radical (unpaired) electrons. The van der Waals surface area contributed by atoms with Crippen LogP contribution in [0.3, 0.4) is 0 Å². The lowest BCUT2D eigenvalue weighted by atomic mass is 10.2. The molecule has 2 aromatic carbocycles. The zero-order chi connectivity index (χ0) is 21.1. The molecule has 0 aliphatic rings. The molecule has 0 saturated heterocycles. The molecule has 7 nitrogen and oxygen atoms in total. The largest absolute Gasteiger partial charge is 0.495 e. The van der Waals surface area contributed by atoms with Gasteiger partial charge >= 0.3 is 0 Å². The normalized spacial score (nSPS) is 13.2. The Morgan fingerprint density at radius 3 is 2.34 bits per heavy atom. The lowest BCUT2D eigenvalue weighted by Gasteiger charge is -2.17. The van der Waals surface area contributed by atoms with Gasteiger partial charge in [-0.1, -0.05) is 24.3 Å². The zero-order valence-corrected chi connectivity index (χ0v) is 17.5. The van der Waals surface area contributed by atoms with Gasteiger partial charge in [0.1, 0.15) is 21.7 Å². The topological polar surface area (TPSA) is 103 Å². The Bertz CT molecular complexity index is 1170. The summed E-state index contributed by atoms with van der Waals surface area (Å²) in [6, 6.07) is 15.6. The Morgan fingerprint density at radius 2 is 1.72 bits per heavy atom. The summed E-state index contributed by atoms with van der Waals surface area (Å²) >= 11 is 0. The number of ether oxygens (including phenoxy) is 1. The van der Waals surface area contributed by atoms with Gasteiger partial charge in [0.2, 0.25) is 10.0 Å². The third-order valence-corrected chi connectivity index (χ3v) is 7.90. The van der Waals surface area contributed by atoms with E-state index in [0.717, 1.165) is 5.56 Å². The first-order valence-electron chi connectivity index (χ1n) is 8.72. The maximum Gasteiger partial charge on any atom is 0.244 e. The van der Waals surface area contributed by atoms with Gasteiger partial charge in [0.05, 0.1) is 18.3 Å². The number of sulfone groups is 1. The molecular formula is C20H21NO6S2. The van der Waals surface area contributed by atoms with Gasteiger partial charge in [-0.3, -0.25) is 0 Å². The second-order valence-electron chi connectivity index (χ2n) is 6.37. The summed E-state index contributed by atoms with van der Waals surface area (Å²) < 4.78 is 64.9. The van der Waals surface area contributed by atoms with E-state index in [9.17, 15) is 16.8 Å². The Labute approximate surface area is 170 Å². The number of benzene rings is 2. The van der Waals surface area contributed by atoms with Crippen molar-refractivity contribution in [2.45, 2.75) is 22.0 Å². The van der Waals surface area contributed by atoms with E-state index in [2.05, 4.69) is 4.72 Å². The van der Waals surface area contributed by atoms with Gasteiger partial charge in [0.15, 0.2) is 9.84 Å². The lowest BCUT2D eigenvalue weighted by molar-refractivity contribution is 0.402. The first kappa shape index (κ1) is 21.1. The van der Waals surface area contributed by atoms with Crippen molar-refractivity contribution in [3.63, 3.8) is 0 Å². The average molecular weight is 436 g/mol. The molecule has 154 valence electrons. The summed E-state index contributed by atoms with van der Waals surface area (Å²) in [6.45, 7) is 1.36. The fourth-order valence-electron chi connectivity index (χ4n) is 2.87. The summed E-state index contributed by atoms with van der Waals surface area (Å²) in [5.74, 6) is 0.316. The highest BCUT2D eigenvalue weighted by Crippen LogP contribution is 2.30. The molecule has 0 bridgehead atoms. The molecule has 0 aliphatic heterocycles. The van der Waals surface area contributed by atoms with Gasteiger partial charge in [-0.15, -0.1) is 0 Å². The Kier molecular flexibility index (Phi) is 6.11. The standard InChI is InChI=1S/C20H21NO6S2/c1-15-10-11-17(26-2)19(13-15)29(24,25)21-14-20(18-9-6-12-27-18)28(22,23)16-7-4-3-5-8-16/h3-13,20-21H,14H2,1-2H3/t20-/m0/s1. The molecule has 0 saturated carbocycles. The molecule has 0 unspecified atom stereocenters. The SMILES string of the molecule is COc1ccc(C)cc1S(=O)(=O)NC[C@@H](c1ccco1)S(=O)(=O)c1ccccc1. The van der Waals surface area contributed by atoms with E-state index in [1.807, 2.05) is 0 Å². The molecule has 1 heterocycles. The number of aryl methyl sites for hydroxylation is 1. The van der Waals surface area contributed by atoms with Gasteiger partial charge in [0.25, 0.3) is 0 Å². The third kappa shape index (κ3) is 4.52. The highest BCUT2D eigenvalue weighted by molar-refractivity contribution is 7.92. The van der Waals surface area contributed by atoms with Crippen molar-refractivity contribution in [3.05, 3.63) is 78.3 Å². The van der Waals surface area contributed by atoms with E-state index in [-0.39, 0.29) is 21.3 Å². The van der Waals surface area contributed by atoms with E-state index in [1.54, 1.807) is 43.3 Å². The van der Waals surface area contributed by atoms with E-state index < -0.39 is 31.7 Å². The molecule has 9 heteroatoms. The van der Waals surface area contributed by atoms with Crippen molar-refractivity contribution in [1.29, 1.82) is 0 Å². The van der Waals surface area contributed by atoms with E-state index in [1.165, 1.54) is 37.6 Å². The highest BCUT2D eigenvalue weighted by atomic mass is 32.2. The maximum absolute atomic E-state index is 13.1. The summed E-state index contributed by atoms with van der Waals surface area (Å²) in [5, 5.41) is -1.23. The fraction of sp³-hybridized carbons (Fsp3) is 0.200. The second-order valence-corrected chi connectivity index (χ2v) is 10.2. The number of nitrogens with one attached hydrogen (secondary N) is 1. The predicted octanol–water partition coefficient (Wildman–Crippen LogP) is 3.09. The fourth-order valence-corrected chi connectivity index (χ4v) is 5.88. The van der Waals surface area contributed by atoms with Crippen LogP contribution < -0.4 is 9.46 Å². The van der Waals surface area contributed by atoms with Crippen molar-refractivity contribution in [1.82, 2.24) is 4.72 Å². The van der Waals surface area contributed by atoms with Crippen LogP contribution in [0.25, 0.3) is 0 Å². The smallest absolute Gasteiger partial charge is 0.244 e. The summed E-state index contributed by atoms with van der Waals surface area (Å²) in [7, 11) is -6.57. The zero-order valence-electron chi connectivity index (χ0n) is 15.9. The van der Waals surface area contributed by atoms with Crippen molar-refractivity contribution in [2.24, 2.45) is 0 Å². The molecule has 29 heavy (non-hydrogen) atoms. The van der Waals surface area contributed by atoms with Gasteiger partial charge in [-0.2, -0.15) is 0 Å². The molecule has 1 N–H and O–H groups in total. The van der Waals surface area contributed by atoms with Crippen LogP contribution in [0, 0.1) is 6.92 Å². The lowest BCUT2D eigenvalue weighted by Crippen LogP contribution is -2.32. The quantitative estimate of drug-likeness (QED) is 0.583. The van der Waals surface area contributed by atoms with Crippen molar-refractivity contribution >= 4 is 19.9 Å². The van der Waals surface area contributed by atoms with Crippen LogP contribution in [0.5, 0.6) is 5.75 Å². The Hall–Kier alpha value is -2.62. The van der Waals surface area contributed by atoms with Gasteiger partial charge in [-0.25, -0.2) is 21.6 Å². The minimum Gasteiger partial charge on any atom is -0.495 e. The third-order valence-electron chi connectivity index (χ3n) is 4.37. The summed E-state index contributed by atoms with van der Waals surface area (Å²) in [4.78, 5) is 0.0176. The van der Waals surface area contributed by atoms with Crippen LogP contribution in [0.15, 0.2) is 81.1 Å². The monoisotopic (exact) mass is 435 g/mol. The predicted molar refractivity (Wildman–Crippen MR) is 108 cm³/mol. The molecule has 1 atom stereocenters. The van der Waals surface area contributed by atoms with Crippen LogP contribution in [0.1, 0.15) is 16.6 Å². The average Bonchev–Trinajstić information content (AvgIpc) is 3.23. The Morgan fingerprint density at radius 1 is 1.00 bits per heavy atom. The van der Waals surface area contributed by atoms with Crippen LogP contribution >= 0.6 is 0 Å². The maximum atomic E-state index is 13.1. The summed E-state index contributed by atoms with van der Waals surface area (Å²) in [5.41, 5.74) is 0.727. The number of hydrogen-bond acceptors (Lipinski definition) is 6. The van der Waals surface area contributed by atoms with Crippen molar-refractivity contribution in [3.8, 4) is 5.75 Å². The molecule has 1 aromatic heterocycles. The molecule has 0 spiro atoms. The van der Waals surface area contributed by atoms with Crippen LogP contribution in [0.2, 0.25) is 0 Å². The first-order valence-corrected chi connectivity index (χ1v) is 11.8.